The third-order valence-electron chi connectivity index (χ3n) is 3.27. The highest BCUT2D eigenvalue weighted by Gasteiger charge is 2.21. The second-order valence-electron chi connectivity index (χ2n) is 4.73. The first-order chi connectivity index (χ1) is 8.75. The summed E-state index contributed by atoms with van der Waals surface area (Å²) in [6.45, 7) is 2.12. The molecule has 1 aromatic carbocycles. The van der Waals surface area contributed by atoms with Crippen molar-refractivity contribution in [2.24, 2.45) is 5.92 Å². The predicted octanol–water partition coefficient (Wildman–Crippen LogP) is 3.26. The number of ether oxygens (including phenoxy) is 1. The molecule has 5 heteroatoms. The number of H-pyrrole nitrogens is 1. The normalized spacial score (nSPS) is 15.4. The summed E-state index contributed by atoms with van der Waals surface area (Å²) < 4.78 is 21.6. The van der Waals surface area contributed by atoms with E-state index in [1.54, 1.807) is 6.07 Å². The first-order valence-corrected chi connectivity index (χ1v) is 6.61. The van der Waals surface area contributed by atoms with Gasteiger partial charge in [0.25, 0.3) is 0 Å². The summed E-state index contributed by atoms with van der Waals surface area (Å²) >= 11 is 5.21. The summed E-state index contributed by atoms with van der Waals surface area (Å²) in [7, 11) is 0. The lowest BCUT2D eigenvalue weighted by Crippen LogP contribution is -2.07. The Morgan fingerprint density at radius 3 is 3.06 bits per heavy atom. The zero-order chi connectivity index (χ0) is 12.5. The topological polar surface area (TPSA) is 29.9 Å². The number of nitrogens with zero attached hydrogens (tertiary/aromatic N) is 1. The Labute approximate surface area is 110 Å². The van der Waals surface area contributed by atoms with Gasteiger partial charge < -0.3 is 14.3 Å². The summed E-state index contributed by atoms with van der Waals surface area (Å²) in [6.07, 6.45) is 2.58. The van der Waals surface area contributed by atoms with Crippen LogP contribution in [0, 0.1) is 16.5 Å². The van der Waals surface area contributed by atoms with E-state index in [0.29, 0.717) is 23.4 Å². The number of nitrogens with one attached hydrogen (secondary N) is 1. The van der Waals surface area contributed by atoms with Crippen molar-refractivity contribution < 1.29 is 9.13 Å². The summed E-state index contributed by atoms with van der Waals surface area (Å²) in [5.74, 6) is 0.495. The molecular formula is C13H15FN2OS. The van der Waals surface area contributed by atoms with E-state index in [2.05, 4.69) is 4.98 Å². The summed E-state index contributed by atoms with van der Waals surface area (Å²) in [5, 5.41) is 0. The van der Waals surface area contributed by atoms with Gasteiger partial charge in [-0.25, -0.2) is 4.39 Å². The fourth-order valence-corrected chi connectivity index (χ4v) is 2.35. The van der Waals surface area contributed by atoms with Crippen LogP contribution in [-0.2, 0) is 11.3 Å². The second kappa shape index (κ2) is 4.82. The number of halogens is 1. The van der Waals surface area contributed by atoms with E-state index in [9.17, 15) is 4.39 Å². The number of imidazole rings is 1. The lowest BCUT2D eigenvalue weighted by molar-refractivity contribution is 0.117. The first-order valence-electron chi connectivity index (χ1n) is 6.20. The van der Waals surface area contributed by atoms with E-state index in [4.69, 9.17) is 17.0 Å². The molecule has 1 saturated carbocycles. The minimum atomic E-state index is -0.267. The number of fused-ring (bicyclic) bond motifs is 1. The Morgan fingerprint density at radius 2 is 2.28 bits per heavy atom. The van der Waals surface area contributed by atoms with Crippen LogP contribution in [0.5, 0.6) is 0 Å². The lowest BCUT2D eigenvalue weighted by atomic mass is 10.3. The minimum Gasteiger partial charge on any atom is -0.379 e. The zero-order valence-corrected chi connectivity index (χ0v) is 10.8. The molecule has 1 aliphatic rings. The van der Waals surface area contributed by atoms with Gasteiger partial charge in [0.1, 0.15) is 11.3 Å². The zero-order valence-electron chi connectivity index (χ0n) is 9.99. The monoisotopic (exact) mass is 266 g/mol. The average molecular weight is 266 g/mol. The highest BCUT2D eigenvalue weighted by molar-refractivity contribution is 7.71. The van der Waals surface area contributed by atoms with Crippen LogP contribution in [0.3, 0.4) is 0 Å². The van der Waals surface area contributed by atoms with Crippen molar-refractivity contribution in [3.63, 3.8) is 0 Å². The number of aromatic amines is 1. The molecule has 0 radical (unpaired) electrons. The Bertz CT molecular complexity index is 615. The van der Waals surface area contributed by atoms with Gasteiger partial charge in [0.2, 0.25) is 0 Å². The molecule has 0 spiro atoms. The van der Waals surface area contributed by atoms with Crippen LogP contribution in [0.1, 0.15) is 12.8 Å². The van der Waals surface area contributed by atoms with Crippen molar-refractivity contribution in [3.05, 3.63) is 28.8 Å². The molecule has 1 aliphatic carbocycles. The number of rotatable bonds is 5. The quantitative estimate of drug-likeness (QED) is 0.665. The Morgan fingerprint density at radius 1 is 1.44 bits per heavy atom. The van der Waals surface area contributed by atoms with Crippen LogP contribution in [0.4, 0.5) is 4.39 Å². The molecule has 0 atom stereocenters. The molecule has 0 unspecified atom stereocenters. The van der Waals surface area contributed by atoms with Crippen molar-refractivity contribution in [1.82, 2.24) is 9.55 Å². The maximum Gasteiger partial charge on any atom is 0.178 e. The molecular weight excluding hydrogens is 251 g/mol. The van der Waals surface area contributed by atoms with E-state index >= 15 is 0 Å². The third-order valence-corrected chi connectivity index (χ3v) is 3.59. The summed E-state index contributed by atoms with van der Waals surface area (Å²) in [5.41, 5.74) is 1.28. The number of para-hydroxylation sites is 1. The van der Waals surface area contributed by atoms with Gasteiger partial charge in [-0.15, -0.1) is 0 Å². The molecule has 0 aliphatic heterocycles. The van der Waals surface area contributed by atoms with Crippen LogP contribution in [-0.4, -0.2) is 22.8 Å². The molecule has 1 N–H and O–H groups in total. The molecule has 1 fully saturated rings. The van der Waals surface area contributed by atoms with Crippen LogP contribution in [0.15, 0.2) is 18.2 Å². The van der Waals surface area contributed by atoms with Crippen LogP contribution >= 0.6 is 12.2 Å². The summed E-state index contributed by atoms with van der Waals surface area (Å²) in [6, 6.07) is 5.00. The van der Waals surface area contributed by atoms with E-state index in [1.807, 2.05) is 10.6 Å². The van der Waals surface area contributed by atoms with E-state index < -0.39 is 0 Å². The van der Waals surface area contributed by atoms with Gasteiger partial charge in [0.05, 0.1) is 12.1 Å². The van der Waals surface area contributed by atoms with Gasteiger partial charge in [-0.1, -0.05) is 6.07 Å². The van der Waals surface area contributed by atoms with E-state index in [-0.39, 0.29) is 5.82 Å². The molecule has 1 heterocycles. The average Bonchev–Trinajstić information content (AvgIpc) is 3.11. The maximum absolute atomic E-state index is 13.6. The van der Waals surface area contributed by atoms with Crippen molar-refractivity contribution in [3.8, 4) is 0 Å². The molecule has 0 amide bonds. The number of hydrogen-bond acceptors (Lipinski definition) is 2. The largest absolute Gasteiger partial charge is 0.379 e. The van der Waals surface area contributed by atoms with Gasteiger partial charge in [-0.05, 0) is 43.1 Å². The molecule has 0 bridgehead atoms. The van der Waals surface area contributed by atoms with Crippen LogP contribution < -0.4 is 0 Å². The van der Waals surface area contributed by atoms with Gasteiger partial charge in [-0.2, -0.15) is 0 Å². The fourth-order valence-electron chi connectivity index (χ4n) is 2.06. The Hall–Kier alpha value is -1.20. The first kappa shape index (κ1) is 11.9. The van der Waals surface area contributed by atoms with Crippen molar-refractivity contribution in [2.75, 3.05) is 13.2 Å². The third kappa shape index (κ3) is 2.33. The van der Waals surface area contributed by atoms with Gasteiger partial charge in [-0.3, -0.25) is 0 Å². The number of aromatic nitrogens is 2. The molecule has 3 rings (SSSR count). The summed E-state index contributed by atoms with van der Waals surface area (Å²) in [4.78, 5) is 2.90. The maximum atomic E-state index is 13.6. The molecule has 3 nitrogen and oxygen atoms in total. The van der Waals surface area contributed by atoms with Crippen molar-refractivity contribution in [1.29, 1.82) is 0 Å². The molecule has 96 valence electrons. The lowest BCUT2D eigenvalue weighted by Gasteiger charge is -2.05. The SMILES string of the molecule is Fc1cccc2c1[nH]c(=S)n2CCOCC1CC1. The molecule has 1 aromatic heterocycles. The number of hydrogen-bond donors (Lipinski definition) is 1. The van der Waals surface area contributed by atoms with Gasteiger partial charge in [0, 0.05) is 13.2 Å². The van der Waals surface area contributed by atoms with Gasteiger partial charge >= 0.3 is 0 Å². The highest BCUT2D eigenvalue weighted by Crippen LogP contribution is 2.28. The Kier molecular flexibility index (Phi) is 3.18. The number of benzene rings is 1. The van der Waals surface area contributed by atoms with Crippen LogP contribution in [0.2, 0.25) is 0 Å². The van der Waals surface area contributed by atoms with Crippen molar-refractivity contribution in [2.45, 2.75) is 19.4 Å². The Balaban J connectivity index is 1.75. The predicted molar refractivity (Wildman–Crippen MR) is 70.6 cm³/mol. The van der Waals surface area contributed by atoms with Crippen LogP contribution in [0.25, 0.3) is 11.0 Å². The molecule has 0 saturated heterocycles. The van der Waals surface area contributed by atoms with Crippen molar-refractivity contribution >= 4 is 23.3 Å². The standard InChI is InChI=1S/C13H15FN2OS/c14-10-2-1-3-11-12(10)15-13(18)16(11)6-7-17-8-9-4-5-9/h1-3,9H,4-8H2,(H,15,18). The van der Waals surface area contributed by atoms with E-state index in [0.717, 1.165) is 18.0 Å². The minimum absolute atomic E-state index is 0.267. The van der Waals surface area contributed by atoms with Gasteiger partial charge in [0.15, 0.2) is 4.77 Å². The smallest absolute Gasteiger partial charge is 0.178 e. The highest BCUT2D eigenvalue weighted by atomic mass is 32.1. The second-order valence-corrected chi connectivity index (χ2v) is 5.12. The fraction of sp³-hybridized carbons (Fsp3) is 0.462. The van der Waals surface area contributed by atoms with E-state index in [1.165, 1.54) is 18.9 Å². The molecule has 18 heavy (non-hydrogen) atoms. The molecule has 2 aromatic rings.